The topological polar surface area (TPSA) is 117 Å². The van der Waals surface area contributed by atoms with Gasteiger partial charge in [0, 0.05) is 12.6 Å². The number of ether oxygens (including phenoxy) is 3. The van der Waals surface area contributed by atoms with E-state index in [1.807, 2.05) is 13.8 Å². The van der Waals surface area contributed by atoms with E-state index >= 15 is 0 Å². The Balaban J connectivity index is 2.93. The Bertz CT molecular complexity index is 628. The van der Waals surface area contributed by atoms with Crippen LogP contribution in [-0.4, -0.2) is 44.2 Å². The summed E-state index contributed by atoms with van der Waals surface area (Å²) in [4.78, 5) is 34.0. The molecule has 0 bridgehead atoms. The van der Waals surface area contributed by atoms with Gasteiger partial charge >= 0.3 is 5.97 Å². The van der Waals surface area contributed by atoms with Crippen molar-refractivity contribution in [3.05, 3.63) is 27.8 Å². The smallest absolute Gasteiger partial charge is 0.345 e. The minimum Gasteiger partial charge on any atom is -0.493 e. The van der Waals surface area contributed by atoms with Crippen LogP contribution in [0.15, 0.2) is 12.1 Å². The molecule has 9 nitrogen and oxygen atoms in total. The molecular formula is C15H20N2O7. The Morgan fingerprint density at radius 2 is 1.79 bits per heavy atom. The third-order valence-electron chi connectivity index (χ3n) is 2.96. The average Bonchev–Trinajstić information content (AvgIpc) is 2.56. The fourth-order valence-corrected chi connectivity index (χ4v) is 1.76. The minimum absolute atomic E-state index is 0.107. The third kappa shape index (κ3) is 5.11. The number of nitro groups is 1. The summed E-state index contributed by atoms with van der Waals surface area (Å²) in [5, 5.41) is 13.7. The highest BCUT2D eigenvalue weighted by Gasteiger charge is 2.26. The van der Waals surface area contributed by atoms with Gasteiger partial charge in [0.2, 0.25) is 0 Å². The van der Waals surface area contributed by atoms with Gasteiger partial charge in [-0.1, -0.05) is 13.8 Å². The van der Waals surface area contributed by atoms with Gasteiger partial charge in [-0.2, -0.15) is 0 Å². The van der Waals surface area contributed by atoms with Crippen LogP contribution in [0, 0.1) is 16.0 Å². The fourth-order valence-electron chi connectivity index (χ4n) is 1.76. The number of rotatable bonds is 8. The molecule has 0 atom stereocenters. The van der Waals surface area contributed by atoms with Crippen LogP contribution in [0.2, 0.25) is 0 Å². The van der Waals surface area contributed by atoms with E-state index in [1.165, 1.54) is 14.2 Å². The molecule has 0 aliphatic carbocycles. The molecule has 0 unspecified atom stereocenters. The van der Waals surface area contributed by atoms with Crippen molar-refractivity contribution in [2.75, 3.05) is 27.4 Å². The van der Waals surface area contributed by atoms with Gasteiger partial charge in [0.05, 0.1) is 25.2 Å². The summed E-state index contributed by atoms with van der Waals surface area (Å²) in [7, 11) is 2.65. The van der Waals surface area contributed by atoms with Gasteiger partial charge in [0.1, 0.15) is 5.56 Å². The predicted molar refractivity (Wildman–Crippen MR) is 84.3 cm³/mol. The maximum absolute atomic E-state index is 12.1. The molecule has 1 aromatic rings. The molecule has 1 N–H and O–H groups in total. The van der Waals surface area contributed by atoms with Gasteiger partial charge in [-0.3, -0.25) is 14.9 Å². The van der Waals surface area contributed by atoms with Crippen LogP contribution in [0.3, 0.4) is 0 Å². The van der Waals surface area contributed by atoms with E-state index in [0.29, 0.717) is 6.54 Å². The molecule has 132 valence electrons. The Kier molecular flexibility index (Phi) is 6.97. The number of carbonyl (C=O) groups is 2. The van der Waals surface area contributed by atoms with Crippen molar-refractivity contribution >= 4 is 17.6 Å². The number of methoxy groups -OCH3 is 2. The summed E-state index contributed by atoms with van der Waals surface area (Å²) < 4.78 is 14.8. The number of nitrogens with zero attached hydrogens (tertiary/aromatic N) is 1. The first-order valence-electron chi connectivity index (χ1n) is 7.14. The first kappa shape index (κ1) is 19.2. The molecule has 0 aliphatic heterocycles. The number of nitrogens with one attached hydrogen (secondary N) is 1. The molecule has 1 rings (SSSR count). The number of benzene rings is 1. The zero-order valence-electron chi connectivity index (χ0n) is 14.0. The van der Waals surface area contributed by atoms with Crippen molar-refractivity contribution in [2.45, 2.75) is 13.8 Å². The van der Waals surface area contributed by atoms with Gasteiger partial charge < -0.3 is 19.5 Å². The van der Waals surface area contributed by atoms with Crippen LogP contribution in [0.25, 0.3) is 0 Å². The summed E-state index contributed by atoms with van der Waals surface area (Å²) in [6.07, 6.45) is 0. The van der Waals surface area contributed by atoms with Crippen molar-refractivity contribution in [1.82, 2.24) is 5.32 Å². The van der Waals surface area contributed by atoms with Crippen molar-refractivity contribution in [2.24, 2.45) is 5.92 Å². The molecular weight excluding hydrogens is 320 g/mol. The molecule has 24 heavy (non-hydrogen) atoms. The van der Waals surface area contributed by atoms with Crippen molar-refractivity contribution < 1.29 is 28.7 Å². The van der Waals surface area contributed by atoms with Crippen LogP contribution < -0.4 is 14.8 Å². The second-order valence-corrected chi connectivity index (χ2v) is 5.26. The van der Waals surface area contributed by atoms with Crippen LogP contribution in [-0.2, 0) is 9.53 Å². The second kappa shape index (κ2) is 8.70. The lowest BCUT2D eigenvalue weighted by atomic mass is 10.1. The molecule has 0 aliphatic rings. The van der Waals surface area contributed by atoms with Crippen LogP contribution >= 0.6 is 0 Å². The lowest BCUT2D eigenvalue weighted by molar-refractivity contribution is -0.385. The van der Waals surface area contributed by atoms with Gasteiger partial charge in [0.15, 0.2) is 18.1 Å². The molecule has 0 aromatic heterocycles. The van der Waals surface area contributed by atoms with E-state index in [1.54, 1.807) is 0 Å². The monoisotopic (exact) mass is 340 g/mol. The van der Waals surface area contributed by atoms with E-state index < -0.39 is 29.1 Å². The summed E-state index contributed by atoms with van der Waals surface area (Å²) in [6, 6.07) is 2.21. The SMILES string of the molecule is COc1cc(C(=O)OCC(=O)NCC(C)C)c([N+](=O)[O-])cc1OC. The van der Waals surface area contributed by atoms with E-state index in [9.17, 15) is 19.7 Å². The second-order valence-electron chi connectivity index (χ2n) is 5.26. The summed E-state index contributed by atoms with van der Waals surface area (Å²) >= 11 is 0. The van der Waals surface area contributed by atoms with Crippen molar-refractivity contribution in [3.8, 4) is 11.5 Å². The minimum atomic E-state index is -0.998. The first-order valence-corrected chi connectivity index (χ1v) is 7.14. The van der Waals surface area contributed by atoms with Gasteiger partial charge in [-0.15, -0.1) is 0 Å². The lowest BCUT2D eigenvalue weighted by Crippen LogP contribution is -2.31. The molecule has 0 heterocycles. The van der Waals surface area contributed by atoms with Gasteiger partial charge in [0.25, 0.3) is 11.6 Å². The zero-order valence-corrected chi connectivity index (χ0v) is 14.0. The van der Waals surface area contributed by atoms with E-state index in [-0.39, 0.29) is 23.0 Å². The van der Waals surface area contributed by atoms with Crippen LogP contribution in [0.5, 0.6) is 11.5 Å². The molecule has 1 aromatic carbocycles. The normalized spacial score (nSPS) is 10.2. The number of nitro benzene ring substituents is 1. The largest absolute Gasteiger partial charge is 0.493 e. The van der Waals surface area contributed by atoms with E-state index in [4.69, 9.17) is 14.2 Å². The quantitative estimate of drug-likeness (QED) is 0.433. The highest BCUT2D eigenvalue weighted by molar-refractivity contribution is 5.96. The third-order valence-corrected chi connectivity index (χ3v) is 2.96. The summed E-state index contributed by atoms with van der Waals surface area (Å²) in [6.45, 7) is 3.74. The Morgan fingerprint density at radius 3 is 2.29 bits per heavy atom. The molecule has 0 fully saturated rings. The fraction of sp³-hybridized carbons (Fsp3) is 0.467. The molecule has 0 saturated carbocycles. The standard InChI is InChI=1S/C15H20N2O7/c1-9(2)7-16-14(18)8-24-15(19)10-5-12(22-3)13(23-4)6-11(10)17(20)21/h5-6,9H,7-8H2,1-4H3,(H,16,18). The van der Waals surface area contributed by atoms with Crippen molar-refractivity contribution in [1.29, 1.82) is 0 Å². The zero-order chi connectivity index (χ0) is 18.3. The van der Waals surface area contributed by atoms with Crippen LogP contribution in [0.4, 0.5) is 5.69 Å². The maximum Gasteiger partial charge on any atom is 0.345 e. The highest BCUT2D eigenvalue weighted by atomic mass is 16.6. The van der Waals surface area contributed by atoms with E-state index in [2.05, 4.69) is 5.32 Å². The molecule has 0 saturated heterocycles. The molecule has 0 spiro atoms. The Labute approximate surface area is 139 Å². The number of esters is 1. The molecule has 1 amide bonds. The maximum atomic E-state index is 12.1. The highest BCUT2D eigenvalue weighted by Crippen LogP contribution is 2.34. The predicted octanol–water partition coefficient (Wildman–Crippen LogP) is 1.54. The van der Waals surface area contributed by atoms with Gasteiger partial charge in [-0.05, 0) is 5.92 Å². The lowest BCUT2D eigenvalue weighted by Gasteiger charge is -2.11. The Morgan fingerprint density at radius 1 is 1.21 bits per heavy atom. The first-order chi connectivity index (χ1) is 11.3. The number of amides is 1. The molecule has 0 radical (unpaired) electrons. The molecule has 9 heteroatoms. The number of carbonyl (C=O) groups excluding carboxylic acids is 2. The summed E-state index contributed by atoms with van der Waals surface area (Å²) in [5.74, 6) is -0.992. The summed E-state index contributed by atoms with van der Waals surface area (Å²) in [5.41, 5.74) is -0.824. The van der Waals surface area contributed by atoms with Crippen molar-refractivity contribution in [3.63, 3.8) is 0 Å². The number of hydrogen-bond donors (Lipinski definition) is 1. The van der Waals surface area contributed by atoms with Gasteiger partial charge in [-0.25, -0.2) is 4.79 Å². The Hall–Kier alpha value is -2.84. The van der Waals surface area contributed by atoms with E-state index in [0.717, 1.165) is 12.1 Å². The number of hydrogen-bond acceptors (Lipinski definition) is 7. The van der Waals surface area contributed by atoms with Crippen LogP contribution in [0.1, 0.15) is 24.2 Å². The average molecular weight is 340 g/mol.